The van der Waals surface area contributed by atoms with Gasteiger partial charge in [0.2, 0.25) is 0 Å². The number of aromatic nitrogens is 1. The average molecular weight is 232 g/mol. The maximum absolute atomic E-state index is 13.4. The lowest BCUT2D eigenvalue weighted by molar-refractivity contribution is -0.688. The zero-order valence-electron chi connectivity index (χ0n) is 9.01. The number of carboxylic acids is 1. The molecule has 1 heterocycles. The lowest BCUT2D eigenvalue weighted by Crippen LogP contribution is -2.34. The molecule has 0 amide bonds. The summed E-state index contributed by atoms with van der Waals surface area (Å²) in [6, 6.07) is 9.56. The van der Waals surface area contributed by atoms with Crippen LogP contribution in [-0.4, -0.2) is 11.1 Å². The van der Waals surface area contributed by atoms with E-state index >= 15 is 0 Å². The molecule has 0 aliphatic carbocycles. The molecule has 0 saturated carbocycles. The van der Waals surface area contributed by atoms with E-state index in [1.54, 1.807) is 35.0 Å². The van der Waals surface area contributed by atoms with Crippen LogP contribution in [0.1, 0.15) is 15.9 Å². The lowest BCUT2D eigenvalue weighted by Gasteiger charge is -2.00. The largest absolute Gasteiger partial charge is 0.477 e. The number of carboxylic acid groups (broad SMARTS) is 1. The third-order valence-corrected chi connectivity index (χ3v) is 2.42. The summed E-state index contributed by atoms with van der Waals surface area (Å²) < 4.78 is 15.0. The van der Waals surface area contributed by atoms with Gasteiger partial charge in [0, 0.05) is 6.07 Å². The van der Waals surface area contributed by atoms with Gasteiger partial charge in [0.25, 0.3) is 0 Å². The molecule has 0 radical (unpaired) electrons. The fraction of sp³-hybridized carbons (Fsp3) is 0.0769. The molecule has 2 aromatic rings. The van der Waals surface area contributed by atoms with Crippen molar-refractivity contribution in [2.24, 2.45) is 0 Å². The Balaban J connectivity index is 2.28. The van der Waals surface area contributed by atoms with Crippen molar-refractivity contribution >= 4 is 5.97 Å². The number of rotatable bonds is 3. The van der Waals surface area contributed by atoms with Crippen LogP contribution < -0.4 is 4.57 Å². The van der Waals surface area contributed by atoms with Crippen LogP contribution in [0.3, 0.4) is 0 Å². The summed E-state index contributed by atoms with van der Waals surface area (Å²) >= 11 is 0. The van der Waals surface area contributed by atoms with E-state index in [0.29, 0.717) is 12.1 Å². The van der Waals surface area contributed by atoms with Gasteiger partial charge in [-0.25, -0.2) is 9.18 Å². The molecule has 17 heavy (non-hydrogen) atoms. The number of pyridine rings is 1. The second kappa shape index (κ2) is 4.74. The average Bonchev–Trinajstić information content (AvgIpc) is 2.32. The molecule has 2 rings (SSSR count). The molecule has 4 heteroatoms. The smallest absolute Gasteiger partial charge is 0.341 e. The molecule has 3 nitrogen and oxygen atoms in total. The quantitative estimate of drug-likeness (QED) is 0.820. The number of hydrogen-bond donors (Lipinski definition) is 1. The van der Waals surface area contributed by atoms with E-state index in [1.807, 2.05) is 0 Å². The molecule has 86 valence electrons. The number of carbonyl (C=O) groups is 1. The number of benzene rings is 1. The zero-order chi connectivity index (χ0) is 12.3. The fourth-order valence-corrected chi connectivity index (χ4v) is 1.57. The molecular weight excluding hydrogens is 221 g/mol. The van der Waals surface area contributed by atoms with Crippen molar-refractivity contribution in [1.82, 2.24) is 0 Å². The summed E-state index contributed by atoms with van der Waals surface area (Å²) in [6.07, 6.45) is 3.19. The molecule has 0 saturated heterocycles. The zero-order valence-corrected chi connectivity index (χ0v) is 9.01. The Bertz CT molecular complexity index is 555. The summed E-state index contributed by atoms with van der Waals surface area (Å²) in [7, 11) is 0. The van der Waals surface area contributed by atoms with Crippen molar-refractivity contribution in [3.05, 3.63) is 65.7 Å². The van der Waals surface area contributed by atoms with E-state index in [-0.39, 0.29) is 11.4 Å². The molecular formula is C13H11FNO2+. The van der Waals surface area contributed by atoms with Gasteiger partial charge in [-0.1, -0.05) is 12.1 Å². The number of halogens is 1. The van der Waals surface area contributed by atoms with Crippen molar-refractivity contribution in [1.29, 1.82) is 0 Å². The summed E-state index contributed by atoms with van der Waals surface area (Å²) in [5, 5.41) is 8.84. The van der Waals surface area contributed by atoms with Gasteiger partial charge >= 0.3 is 5.97 Å². The highest BCUT2D eigenvalue weighted by atomic mass is 19.1. The molecule has 0 aliphatic heterocycles. The summed E-state index contributed by atoms with van der Waals surface area (Å²) in [5.74, 6) is -1.28. The van der Waals surface area contributed by atoms with Gasteiger partial charge in [-0.15, -0.1) is 0 Å². The number of hydrogen-bond acceptors (Lipinski definition) is 1. The molecule has 0 bridgehead atoms. The van der Waals surface area contributed by atoms with Crippen LogP contribution in [0.5, 0.6) is 0 Å². The number of nitrogens with zero attached hydrogens (tertiary/aromatic N) is 1. The van der Waals surface area contributed by atoms with Gasteiger partial charge in [0.1, 0.15) is 11.4 Å². The second-order valence-electron chi connectivity index (χ2n) is 3.66. The highest BCUT2D eigenvalue weighted by molar-refractivity contribution is 5.86. The van der Waals surface area contributed by atoms with E-state index in [9.17, 15) is 9.18 Å². The standard InChI is InChI=1S/C13H10FNO2/c14-12-6-2-1-4-10(12)8-15-7-3-5-11(9-15)13(16)17/h1-7,9H,8H2/p+1. The molecule has 0 unspecified atom stereocenters. The lowest BCUT2D eigenvalue weighted by atomic mass is 10.2. The Morgan fingerprint density at radius 3 is 2.71 bits per heavy atom. The van der Waals surface area contributed by atoms with Gasteiger partial charge in [0.15, 0.2) is 18.9 Å². The van der Waals surface area contributed by atoms with Crippen LogP contribution >= 0.6 is 0 Å². The van der Waals surface area contributed by atoms with Crippen molar-refractivity contribution < 1.29 is 18.9 Å². The fourth-order valence-electron chi connectivity index (χ4n) is 1.57. The highest BCUT2D eigenvalue weighted by Gasteiger charge is 2.11. The SMILES string of the molecule is O=C(O)c1ccc[n+](Cc2ccccc2F)c1. The van der Waals surface area contributed by atoms with Crippen molar-refractivity contribution in [3.8, 4) is 0 Å². The van der Waals surface area contributed by atoms with Crippen LogP contribution in [-0.2, 0) is 6.54 Å². The third-order valence-electron chi connectivity index (χ3n) is 2.42. The minimum absolute atomic E-state index is 0.184. The normalized spacial score (nSPS) is 10.2. The van der Waals surface area contributed by atoms with Crippen molar-refractivity contribution in [3.63, 3.8) is 0 Å². The predicted molar refractivity (Wildman–Crippen MR) is 59.1 cm³/mol. The maximum Gasteiger partial charge on any atom is 0.341 e. The maximum atomic E-state index is 13.4. The van der Waals surface area contributed by atoms with E-state index in [4.69, 9.17) is 5.11 Å². The molecule has 1 aromatic carbocycles. The van der Waals surface area contributed by atoms with Crippen LogP contribution in [0.25, 0.3) is 0 Å². The predicted octanol–water partition coefficient (Wildman–Crippen LogP) is 1.86. The van der Waals surface area contributed by atoms with E-state index in [2.05, 4.69) is 0 Å². The van der Waals surface area contributed by atoms with Gasteiger partial charge in [-0.3, -0.25) is 0 Å². The molecule has 0 aliphatic rings. The topological polar surface area (TPSA) is 41.2 Å². The minimum atomic E-state index is -0.993. The van der Waals surface area contributed by atoms with Crippen LogP contribution in [0.4, 0.5) is 4.39 Å². The van der Waals surface area contributed by atoms with E-state index < -0.39 is 5.97 Å². The van der Waals surface area contributed by atoms with Crippen molar-refractivity contribution in [2.45, 2.75) is 6.54 Å². The van der Waals surface area contributed by atoms with Crippen molar-refractivity contribution in [2.75, 3.05) is 0 Å². The first-order valence-corrected chi connectivity index (χ1v) is 5.12. The summed E-state index contributed by atoms with van der Waals surface area (Å²) in [5.41, 5.74) is 0.712. The van der Waals surface area contributed by atoms with E-state index in [1.165, 1.54) is 18.3 Å². The van der Waals surface area contributed by atoms with Gasteiger partial charge in [-0.05, 0) is 18.2 Å². The Hall–Kier alpha value is -2.23. The first kappa shape index (κ1) is 11.3. The van der Waals surface area contributed by atoms with Crippen LogP contribution in [0.15, 0.2) is 48.8 Å². The van der Waals surface area contributed by atoms with Gasteiger partial charge in [-0.2, -0.15) is 4.57 Å². The molecule has 1 N–H and O–H groups in total. The Labute approximate surface area is 97.8 Å². The molecule has 0 fully saturated rings. The number of aromatic carboxylic acids is 1. The van der Waals surface area contributed by atoms with Gasteiger partial charge < -0.3 is 5.11 Å². The third kappa shape index (κ3) is 2.66. The highest BCUT2D eigenvalue weighted by Crippen LogP contribution is 2.05. The first-order valence-electron chi connectivity index (χ1n) is 5.12. The summed E-state index contributed by atoms with van der Waals surface area (Å²) in [6.45, 7) is 0.313. The second-order valence-corrected chi connectivity index (χ2v) is 3.66. The minimum Gasteiger partial charge on any atom is -0.477 e. The monoisotopic (exact) mass is 232 g/mol. The van der Waals surface area contributed by atoms with Crippen LogP contribution in [0.2, 0.25) is 0 Å². The Morgan fingerprint density at radius 2 is 2.00 bits per heavy atom. The molecule has 0 atom stereocenters. The molecule has 0 spiro atoms. The first-order chi connectivity index (χ1) is 8.16. The Kier molecular flexibility index (Phi) is 3.14. The molecule has 1 aromatic heterocycles. The van der Waals surface area contributed by atoms with Gasteiger partial charge in [0.05, 0.1) is 5.56 Å². The van der Waals surface area contributed by atoms with Crippen LogP contribution in [0, 0.1) is 5.82 Å². The summed E-state index contributed by atoms with van der Waals surface area (Å²) in [4.78, 5) is 10.8. The van der Waals surface area contributed by atoms with E-state index in [0.717, 1.165) is 0 Å². The Morgan fingerprint density at radius 1 is 1.24 bits per heavy atom.